The van der Waals surface area contributed by atoms with Gasteiger partial charge in [0.05, 0.1) is 29.5 Å². The fourth-order valence-corrected chi connectivity index (χ4v) is 11.2. The van der Waals surface area contributed by atoms with E-state index in [4.69, 9.17) is 20.2 Å². The molecule has 366 valence electrons. The lowest BCUT2D eigenvalue weighted by Crippen LogP contribution is -2.62. The Kier molecular flexibility index (Phi) is 14.4. The SMILES string of the molecule is CCn1c(-c2cccnc2[C@H](C)OC)c2c3cc(ccc31)-c1cc(O)cc(c1)C[C@H](NC(=O)[C@H](C(C)C)N1CC[C@@]3(CCN(C[C@H](C)CN)C3)C1=O)C(=O)N1CCC[C@H](N1)C(=O)OCC(C)(C)C2. The summed E-state index contributed by atoms with van der Waals surface area (Å²) < 4.78 is 14.3. The van der Waals surface area contributed by atoms with Gasteiger partial charge in [0.1, 0.15) is 23.9 Å². The summed E-state index contributed by atoms with van der Waals surface area (Å²) in [7, 11) is 1.68. The number of hydrazine groups is 1. The number of ether oxygens (including phenoxy) is 2. The topological polar surface area (TPSA) is 185 Å². The number of aromatic hydroxyl groups is 1. The molecule has 0 unspecified atom stereocenters. The Morgan fingerprint density at radius 3 is 2.56 bits per heavy atom. The Morgan fingerprint density at radius 2 is 1.82 bits per heavy atom. The predicted molar refractivity (Wildman–Crippen MR) is 262 cm³/mol. The van der Waals surface area contributed by atoms with E-state index in [1.54, 1.807) is 30.3 Å². The molecule has 8 rings (SSSR count). The van der Waals surface area contributed by atoms with Crippen LogP contribution in [-0.4, -0.2) is 124 Å². The largest absolute Gasteiger partial charge is 0.508 e. The number of carbonyl (C=O) groups excluding carboxylic acids is 4. The van der Waals surface area contributed by atoms with Crippen LogP contribution in [0.1, 0.15) is 97.1 Å². The van der Waals surface area contributed by atoms with Gasteiger partial charge >= 0.3 is 5.97 Å². The average Bonchev–Trinajstić information content (AvgIpc) is 3.98. The molecule has 3 saturated heterocycles. The van der Waals surface area contributed by atoms with Gasteiger partial charge in [-0.2, -0.15) is 0 Å². The minimum Gasteiger partial charge on any atom is -0.508 e. The van der Waals surface area contributed by atoms with Crippen molar-refractivity contribution in [3.05, 3.63) is 71.5 Å². The molecule has 6 bridgehead atoms. The van der Waals surface area contributed by atoms with Crippen molar-refractivity contribution in [2.75, 3.05) is 53.0 Å². The van der Waals surface area contributed by atoms with E-state index >= 15 is 0 Å². The molecule has 1 spiro atoms. The Hall–Kier alpha value is -5.35. The number of aromatic nitrogens is 2. The zero-order valence-corrected chi connectivity index (χ0v) is 41.3. The van der Waals surface area contributed by atoms with E-state index < -0.39 is 46.7 Å². The second-order valence-electron chi connectivity index (χ2n) is 21.1. The van der Waals surface area contributed by atoms with Gasteiger partial charge in [-0.3, -0.25) is 29.2 Å². The van der Waals surface area contributed by atoms with Crippen LogP contribution in [0.2, 0.25) is 0 Å². The molecule has 4 aliphatic rings. The monoisotopic (exact) mass is 933 g/mol. The first-order valence-electron chi connectivity index (χ1n) is 24.7. The van der Waals surface area contributed by atoms with Crippen molar-refractivity contribution < 1.29 is 33.8 Å². The van der Waals surface area contributed by atoms with Gasteiger partial charge in [0, 0.05) is 74.3 Å². The van der Waals surface area contributed by atoms with E-state index in [1.807, 2.05) is 39.0 Å². The lowest BCUT2D eigenvalue weighted by atomic mass is 9.84. The van der Waals surface area contributed by atoms with E-state index in [2.05, 4.69) is 66.1 Å². The van der Waals surface area contributed by atoms with Crippen molar-refractivity contribution in [3.8, 4) is 28.1 Å². The maximum Gasteiger partial charge on any atom is 0.324 e. The van der Waals surface area contributed by atoms with Crippen molar-refractivity contribution in [1.29, 1.82) is 0 Å². The summed E-state index contributed by atoms with van der Waals surface area (Å²) in [5.41, 5.74) is 15.2. The van der Waals surface area contributed by atoms with E-state index in [0.29, 0.717) is 69.9 Å². The summed E-state index contributed by atoms with van der Waals surface area (Å²) in [5.74, 6) is -1.24. The summed E-state index contributed by atoms with van der Waals surface area (Å²) in [4.78, 5) is 66.9. The molecule has 6 atom stereocenters. The molecule has 5 N–H and O–H groups in total. The smallest absolute Gasteiger partial charge is 0.324 e. The maximum atomic E-state index is 14.8. The number of aryl methyl sites for hydroxylation is 1. The summed E-state index contributed by atoms with van der Waals surface area (Å²) in [5, 5.41) is 16.9. The number of pyridine rings is 1. The number of rotatable bonds is 11. The number of carbonyl (C=O) groups is 4. The normalized spacial score (nSPS) is 23.8. The molecule has 68 heavy (non-hydrogen) atoms. The summed E-state index contributed by atoms with van der Waals surface area (Å²) in [6.07, 6.45) is 4.49. The van der Waals surface area contributed by atoms with Gasteiger partial charge in [-0.1, -0.05) is 46.8 Å². The first-order valence-corrected chi connectivity index (χ1v) is 24.7. The molecule has 0 saturated carbocycles. The molecule has 2 aromatic heterocycles. The molecule has 4 aliphatic heterocycles. The number of nitrogens with two attached hydrogens (primary N) is 1. The highest BCUT2D eigenvalue weighted by Gasteiger charge is 2.53. The van der Waals surface area contributed by atoms with E-state index in [9.17, 15) is 24.3 Å². The molecule has 3 fully saturated rings. The molecule has 6 heterocycles. The first-order chi connectivity index (χ1) is 32.5. The van der Waals surface area contributed by atoms with E-state index in [1.165, 1.54) is 5.01 Å². The van der Waals surface area contributed by atoms with Gasteiger partial charge in [0.15, 0.2) is 0 Å². The fourth-order valence-electron chi connectivity index (χ4n) is 11.2. The maximum absolute atomic E-state index is 14.8. The molecule has 15 heteroatoms. The lowest BCUT2D eigenvalue weighted by Gasteiger charge is -2.37. The number of phenolic OH excluding ortho intramolecular Hbond substituents is 1. The number of methoxy groups -OCH3 is 1. The van der Waals surface area contributed by atoms with Crippen LogP contribution < -0.4 is 16.5 Å². The van der Waals surface area contributed by atoms with Gasteiger partial charge in [-0.05, 0) is 130 Å². The predicted octanol–water partition coefficient (Wildman–Crippen LogP) is 6.00. The molecular weight excluding hydrogens is 861 g/mol. The average molecular weight is 933 g/mol. The van der Waals surface area contributed by atoms with Gasteiger partial charge in [0.25, 0.3) is 5.91 Å². The van der Waals surface area contributed by atoms with Crippen molar-refractivity contribution in [3.63, 3.8) is 0 Å². The number of likely N-dealkylation sites (tertiary alicyclic amines) is 2. The van der Waals surface area contributed by atoms with Crippen molar-refractivity contribution in [2.45, 2.75) is 118 Å². The third-order valence-corrected chi connectivity index (χ3v) is 14.9. The number of benzene rings is 2. The number of hydrogen-bond donors (Lipinski definition) is 4. The molecule has 0 aliphatic carbocycles. The Balaban J connectivity index is 1.18. The highest BCUT2D eigenvalue weighted by molar-refractivity contribution is 5.96. The zero-order chi connectivity index (χ0) is 48.7. The highest BCUT2D eigenvalue weighted by atomic mass is 16.5. The van der Waals surface area contributed by atoms with E-state index in [0.717, 1.165) is 64.1 Å². The number of cyclic esters (lactones) is 1. The molecule has 4 aromatic rings. The number of amides is 3. The van der Waals surface area contributed by atoms with Crippen LogP contribution in [0.15, 0.2) is 54.7 Å². The number of fused-ring (bicyclic) bond motifs is 6. The van der Waals surface area contributed by atoms with E-state index in [-0.39, 0.29) is 36.7 Å². The number of hydrogen-bond acceptors (Lipinski definition) is 11. The zero-order valence-electron chi connectivity index (χ0n) is 41.3. The number of phenols is 1. The standard InChI is InChI=1S/C53H72N8O7/c1-9-59-44-15-14-36-26-40(44)41(47(59)39-12-10-18-55-45(39)34(5)67-8)27-52(6,7)31-68-50(65)42-13-11-19-61(57-42)49(64)43(24-35-22-37(36)25-38(62)23-35)56-48(63)46(32(2)3)60-21-17-53(51(60)66)16-20-58(30-53)29-33(4)28-54/h10,12,14-15,18,22-23,25-26,32-34,42-43,46,57,62H,9,11,13,16-17,19-21,24,27-31,54H2,1-8H3,(H,56,63)/t33-,34+,42+,43+,46+,53-/m1/s1. The molecule has 15 nitrogen and oxygen atoms in total. The first kappa shape index (κ1) is 49.1. The fraction of sp³-hybridized carbons (Fsp3) is 0.566. The van der Waals surface area contributed by atoms with Gasteiger partial charge in [-0.15, -0.1) is 0 Å². The minimum absolute atomic E-state index is 0.0166. The number of nitrogens with one attached hydrogen (secondary N) is 2. The molecular formula is C53H72N8O7. The van der Waals surface area contributed by atoms with Gasteiger partial charge in [-0.25, -0.2) is 5.43 Å². The summed E-state index contributed by atoms with van der Waals surface area (Å²) in [6.45, 7) is 18.7. The Morgan fingerprint density at radius 1 is 1.04 bits per heavy atom. The molecule has 3 amide bonds. The van der Waals surface area contributed by atoms with Crippen LogP contribution >= 0.6 is 0 Å². The third-order valence-electron chi connectivity index (χ3n) is 14.9. The van der Waals surface area contributed by atoms with Crippen LogP contribution in [0.25, 0.3) is 33.3 Å². The second-order valence-corrected chi connectivity index (χ2v) is 21.1. The van der Waals surface area contributed by atoms with Gasteiger partial charge < -0.3 is 40.0 Å². The quantitative estimate of drug-likeness (QED) is 0.130. The number of esters is 1. The Bertz CT molecular complexity index is 2540. The Labute approximate surface area is 401 Å². The van der Waals surface area contributed by atoms with Crippen LogP contribution in [0.3, 0.4) is 0 Å². The lowest BCUT2D eigenvalue weighted by molar-refractivity contribution is -0.155. The summed E-state index contributed by atoms with van der Waals surface area (Å²) in [6, 6.07) is 12.9. The van der Waals surface area contributed by atoms with Crippen LogP contribution in [0.5, 0.6) is 5.75 Å². The second kappa shape index (κ2) is 19.9. The highest BCUT2D eigenvalue weighted by Crippen LogP contribution is 2.44. The summed E-state index contributed by atoms with van der Waals surface area (Å²) >= 11 is 0. The van der Waals surface area contributed by atoms with Crippen molar-refractivity contribution in [2.24, 2.45) is 28.4 Å². The van der Waals surface area contributed by atoms with Crippen LogP contribution in [-0.2, 0) is 48.0 Å². The van der Waals surface area contributed by atoms with Crippen LogP contribution in [0, 0.1) is 22.7 Å². The van der Waals surface area contributed by atoms with Crippen LogP contribution in [0.4, 0.5) is 0 Å². The minimum atomic E-state index is -1.11. The third kappa shape index (κ3) is 9.77. The number of nitrogens with zero attached hydrogens (tertiary/aromatic N) is 5. The van der Waals surface area contributed by atoms with Crippen molar-refractivity contribution >= 4 is 34.6 Å². The molecule has 2 aromatic carbocycles. The van der Waals surface area contributed by atoms with Crippen molar-refractivity contribution in [1.82, 2.24) is 35.1 Å². The molecule has 0 radical (unpaired) electrons. The van der Waals surface area contributed by atoms with Gasteiger partial charge in [0.2, 0.25) is 11.8 Å².